The number of nitrogens with zero attached hydrogens (tertiary/aromatic N) is 1. The summed E-state index contributed by atoms with van der Waals surface area (Å²) in [5, 5.41) is 4.53. The van der Waals surface area contributed by atoms with Gasteiger partial charge in [0.15, 0.2) is 18.1 Å². The van der Waals surface area contributed by atoms with Crippen LogP contribution in [0, 0.1) is 0 Å². The van der Waals surface area contributed by atoms with Crippen molar-refractivity contribution in [2.75, 3.05) is 32.2 Å². The minimum Gasteiger partial charge on any atom is -0.493 e. The molecule has 208 valence electrons. The lowest BCUT2D eigenvalue weighted by Gasteiger charge is -2.14. The number of fused-ring (bicyclic) bond motifs is 1. The van der Waals surface area contributed by atoms with E-state index >= 15 is 0 Å². The summed E-state index contributed by atoms with van der Waals surface area (Å²) < 4.78 is 17.0. The number of ether oxygens (including phenoxy) is 3. The fraction of sp³-hybridized carbons (Fsp3) is 0.129. The molecule has 0 aliphatic carbocycles. The number of thioether (sulfide) groups is 1. The molecule has 0 saturated carbocycles. The SMILES string of the molecule is COc1cc(/C=C2\SC(=O)N(CCOc3cccc4ccccc34)C2=O)cc(Cl)c1OCC(=O)Nc1ccccc1. The second-order valence-corrected chi connectivity index (χ2v) is 10.3. The van der Waals surface area contributed by atoms with Crippen molar-refractivity contribution in [3.63, 3.8) is 0 Å². The summed E-state index contributed by atoms with van der Waals surface area (Å²) in [6, 6.07) is 25.8. The molecule has 0 aromatic heterocycles. The number of carbonyl (C=O) groups is 3. The number of anilines is 1. The number of para-hydroxylation sites is 1. The number of carbonyl (C=O) groups excluding carboxylic acids is 3. The van der Waals surface area contributed by atoms with E-state index in [2.05, 4.69) is 5.32 Å². The molecule has 8 nitrogen and oxygen atoms in total. The fourth-order valence-electron chi connectivity index (χ4n) is 4.23. The zero-order chi connectivity index (χ0) is 28.8. The maximum Gasteiger partial charge on any atom is 0.293 e. The molecule has 1 aliphatic rings. The first-order chi connectivity index (χ1) is 19.9. The number of amides is 3. The number of rotatable bonds is 10. The zero-order valence-corrected chi connectivity index (χ0v) is 23.5. The van der Waals surface area contributed by atoms with Crippen LogP contribution in [0.15, 0.2) is 89.8 Å². The molecular formula is C31H25ClN2O6S. The van der Waals surface area contributed by atoms with E-state index in [-0.39, 0.29) is 52.3 Å². The molecule has 0 bridgehead atoms. The van der Waals surface area contributed by atoms with Gasteiger partial charge in [0.05, 0.1) is 23.6 Å². The average Bonchev–Trinajstić information content (AvgIpc) is 3.24. The predicted octanol–water partition coefficient (Wildman–Crippen LogP) is 6.63. The Morgan fingerprint density at radius 3 is 2.51 bits per heavy atom. The normalized spacial score (nSPS) is 14.0. The number of benzene rings is 4. The van der Waals surface area contributed by atoms with Crippen LogP contribution in [0.25, 0.3) is 16.8 Å². The van der Waals surface area contributed by atoms with Crippen molar-refractivity contribution in [1.29, 1.82) is 0 Å². The summed E-state index contributed by atoms with van der Waals surface area (Å²) in [5.41, 5.74) is 1.18. The number of imide groups is 1. The van der Waals surface area contributed by atoms with Crippen molar-refractivity contribution in [1.82, 2.24) is 4.90 Å². The summed E-state index contributed by atoms with van der Waals surface area (Å²) in [5.74, 6) is 0.366. The molecule has 1 fully saturated rings. The van der Waals surface area contributed by atoms with Crippen molar-refractivity contribution in [2.24, 2.45) is 0 Å². The van der Waals surface area contributed by atoms with Gasteiger partial charge in [-0.05, 0) is 59.1 Å². The summed E-state index contributed by atoms with van der Waals surface area (Å²) in [6.07, 6.45) is 1.57. The molecule has 1 saturated heterocycles. The molecular weight excluding hydrogens is 564 g/mol. The lowest BCUT2D eigenvalue weighted by atomic mass is 10.1. The second kappa shape index (κ2) is 12.8. The Morgan fingerprint density at radius 1 is 0.951 bits per heavy atom. The number of hydrogen-bond acceptors (Lipinski definition) is 7. The highest BCUT2D eigenvalue weighted by molar-refractivity contribution is 8.18. The molecule has 5 rings (SSSR count). The minimum absolute atomic E-state index is 0.104. The first kappa shape index (κ1) is 28.1. The van der Waals surface area contributed by atoms with Gasteiger partial charge in [0, 0.05) is 11.1 Å². The van der Waals surface area contributed by atoms with Crippen LogP contribution < -0.4 is 19.5 Å². The van der Waals surface area contributed by atoms with Crippen molar-refractivity contribution in [3.8, 4) is 17.2 Å². The minimum atomic E-state index is -0.422. The molecule has 10 heteroatoms. The molecule has 0 radical (unpaired) electrons. The van der Waals surface area contributed by atoms with Crippen molar-refractivity contribution >= 4 is 63.0 Å². The summed E-state index contributed by atoms with van der Waals surface area (Å²) in [6.45, 7) is -0.0277. The van der Waals surface area contributed by atoms with Gasteiger partial charge in [0.25, 0.3) is 17.1 Å². The van der Waals surface area contributed by atoms with Gasteiger partial charge < -0.3 is 19.5 Å². The summed E-state index contributed by atoms with van der Waals surface area (Å²) in [7, 11) is 1.44. The quantitative estimate of drug-likeness (QED) is 0.208. The lowest BCUT2D eigenvalue weighted by Crippen LogP contribution is -2.32. The zero-order valence-electron chi connectivity index (χ0n) is 22.0. The smallest absolute Gasteiger partial charge is 0.293 e. The van der Waals surface area contributed by atoms with Crippen LogP contribution in [0.1, 0.15) is 5.56 Å². The van der Waals surface area contributed by atoms with Gasteiger partial charge in [-0.15, -0.1) is 0 Å². The van der Waals surface area contributed by atoms with Crippen LogP contribution in [0.2, 0.25) is 5.02 Å². The monoisotopic (exact) mass is 588 g/mol. The van der Waals surface area contributed by atoms with Crippen LogP contribution in [-0.2, 0) is 9.59 Å². The van der Waals surface area contributed by atoms with Crippen molar-refractivity contribution in [2.45, 2.75) is 0 Å². The van der Waals surface area contributed by atoms with Gasteiger partial charge in [-0.1, -0.05) is 66.2 Å². The highest BCUT2D eigenvalue weighted by Gasteiger charge is 2.35. The second-order valence-electron chi connectivity index (χ2n) is 8.90. The molecule has 4 aromatic rings. The Labute approximate surface area is 245 Å². The maximum absolute atomic E-state index is 13.0. The van der Waals surface area contributed by atoms with E-state index in [9.17, 15) is 14.4 Å². The van der Waals surface area contributed by atoms with Gasteiger partial charge in [-0.3, -0.25) is 19.3 Å². The third-order valence-electron chi connectivity index (χ3n) is 6.15. The molecule has 0 spiro atoms. The summed E-state index contributed by atoms with van der Waals surface area (Å²) >= 11 is 7.29. The Bertz CT molecular complexity index is 1640. The standard InChI is InChI=1S/C31H25ClN2O6S/c1-38-26-17-20(16-24(32)29(26)40-19-28(35)33-22-10-3-2-4-11-22)18-27-30(36)34(31(37)41-27)14-15-39-25-13-7-9-21-8-5-6-12-23(21)25/h2-13,16-18H,14-15,19H2,1H3,(H,33,35)/b27-18-. The topological polar surface area (TPSA) is 94.2 Å². The molecule has 41 heavy (non-hydrogen) atoms. The van der Waals surface area contributed by atoms with Gasteiger partial charge >= 0.3 is 0 Å². The number of hydrogen-bond donors (Lipinski definition) is 1. The molecule has 3 amide bonds. The van der Waals surface area contributed by atoms with Crippen LogP contribution >= 0.6 is 23.4 Å². The van der Waals surface area contributed by atoms with E-state index in [1.165, 1.54) is 7.11 Å². The molecule has 1 N–H and O–H groups in total. The first-order valence-corrected chi connectivity index (χ1v) is 13.8. The van der Waals surface area contributed by atoms with E-state index in [1.807, 2.05) is 60.7 Å². The highest BCUT2D eigenvalue weighted by Crippen LogP contribution is 2.39. The first-order valence-electron chi connectivity index (χ1n) is 12.6. The average molecular weight is 589 g/mol. The van der Waals surface area contributed by atoms with Gasteiger partial charge in [-0.2, -0.15) is 0 Å². The molecule has 1 heterocycles. The third kappa shape index (κ3) is 6.65. The molecule has 0 atom stereocenters. The van der Waals surface area contributed by atoms with Crippen molar-refractivity contribution < 1.29 is 28.6 Å². The van der Waals surface area contributed by atoms with E-state index in [0.29, 0.717) is 17.0 Å². The summed E-state index contributed by atoms with van der Waals surface area (Å²) in [4.78, 5) is 39.4. The Morgan fingerprint density at radius 2 is 1.71 bits per heavy atom. The molecule has 4 aromatic carbocycles. The van der Waals surface area contributed by atoms with Gasteiger partial charge in [0.2, 0.25) is 0 Å². The number of nitrogens with one attached hydrogen (secondary N) is 1. The van der Waals surface area contributed by atoms with E-state index in [1.54, 1.807) is 30.3 Å². The number of methoxy groups -OCH3 is 1. The predicted molar refractivity (Wildman–Crippen MR) is 161 cm³/mol. The fourth-order valence-corrected chi connectivity index (χ4v) is 5.37. The Balaban J connectivity index is 1.23. The molecule has 0 unspecified atom stereocenters. The van der Waals surface area contributed by atoms with Crippen LogP contribution in [0.3, 0.4) is 0 Å². The third-order valence-corrected chi connectivity index (χ3v) is 7.34. The maximum atomic E-state index is 13.0. The van der Waals surface area contributed by atoms with Crippen molar-refractivity contribution in [3.05, 3.63) is 100 Å². The largest absolute Gasteiger partial charge is 0.493 e. The van der Waals surface area contributed by atoms with Gasteiger partial charge in [0.1, 0.15) is 12.4 Å². The van der Waals surface area contributed by atoms with Crippen LogP contribution in [0.5, 0.6) is 17.2 Å². The van der Waals surface area contributed by atoms with E-state index in [4.69, 9.17) is 25.8 Å². The van der Waals surface area contributed by atoms with Crippen LogP contribution in [0.4, 0.5) is 10.5 Å². The lowest BCUT2D eigenvalue weighted by molar-refractivity contribution is -0.123. The number of halogens is 1. The highest BCUT2D eigenvalue weighted by atomic mass is 35.5. The Hall–Kier alpha value is -4.47. The van der Waals surface area contributed by atoms with Gasteiger partial charge in [-0.25, -0.2) is 0 Å². The van der Waals surface area contributed by atoms with Crippen LogP contribution in [-0.4, -0.2) is 48.8 Å². The van der Waals surface area contributed by atoms with E-state index < -0.39 is 5.91 Å². The van der Waals surface area contributed by atoms with E-state index in [0.717, 1.165) is 27.4 Å². The Kier molecular flexibility index (Phi) is 8.76. The molecule has 1 aliphatic heterocycles.